The van der Waals surface area contributed by atoms with Gasteiger partial charge in [0.15, 0.2) is 0 Å². The first-order valence-corrected chi connectivity index (χ1v) is 23.7. The molecule has 0 unspecified atom stereocenters. The van der Waals surface area contributed by atoms with Crippen LogP contribution in [0, 0.1) is 11.8 Å². The van der Waals surface area contributed by atoms with E-state index >= 15 is 0 Å². The van der Waals surface area contributed by atoms with E-state index < -0.39 is 12.7 Å². The Balaban J connectivity index is 0.000000189. The Bertz CT molecular complexity index is 2130. The first-order chi connectivity index (χ1) is 30.3. The maximum absolute atomic E-state index is 12.5. The van der Waals surface area contributed by atoms with Gasteiger partial charge in [-0.1, -0.05) is 132 Å². The minimum absolute atomic E-state index is 0.141. The van der Waals surface area contributed by atoms with Gasteiger partial charge in [0.25, 0.3) is 0 Å². The largest absolute Gasteiger partial charge is 0.573 e. The molecule has 4 aliphatic carbocycles. The molecule has 0 bridgehead atoms. The van der Waals surface area contributed by atoms with Crippen LogP contribution in [0.3, 0.4) is 0 Å². The third-order valence-electron chi connectivity index (χ3n) is 14.1. The lowest BCUT2D eigenvalue weighted by Gasteiger charge is -2.29. The van der Waals surface area contributed by atoms with Gasteiger partial charge < -0.3 is 9.47 Å². The van der Waals surface area contributed by atoms with Crippen LogP contribution in [-0.4, -0.2) is 12.7 Å². The molecule has 4 aliphatic rings. The third kappa shape index (κ3) is 13.5. The summed E-state index contributed by atoms with van der Waals surface area (Å²) < 4.78 is 82.9. The van der Waals surface area contributed by atoms with Gasteiger partial charge in [0.05, 0.1) is 0 Å². The summed E-state index contributed by atoms with van der Waals surface area (Å²) in [6.45, 7) is 4.54. The Morgan fingerprint density at radius 1 is 0.460 bits per heavy atom. The van der Waals surface area contributed by atoms with Crippen LogP contribution in [0.25, 0.3) is 23.3 Å². The average molecular weight is 871 g/mol. The SMILES string of the molecule is CCCCC1CCC(c2ccc(C3=Cc4ccc(OC(F)(F)F)cc4CC3)cc2)CC1.CCCCCC1CCC(c2ccc(C3=Cc4ccc(OC(F)(F)F)cc4CC3)cc2)CC1. The number of halogens is 6. The highest BCUT2D eigenvalue weighted by Crippen LogP contribution is 2.41. The van der Waals surface area contributed by atoms with Crippen LogP contribution in [0.1, 0.15) is 179 Å². The van der Waals surface area contributed by atoms with Crippen molar-refractivity contribution in [2.24, 2.45) is 11.8 Å². The number of alkyl halides is 6. The number of fused-ring (bicyclic) bond motifs is 2. The molecule has 0 spiro atoms. The molecular formula is C55H64F6O2. The highest BCUT2D eigenvalue weighted by atomic mass is 19.4. The monoisotopic (exact) mass is 870 g/mol. The molecule has 2 nitrogen and oxygen atoms in total. The van der Waals surface area contributed by atoms with Crippen molar-refractivity contribution in [1.82, 2.24) is 0 Å². The fraction of sp³-hybridized carbons (Fsp3) is 0.491. The molecule has 2 fully saturated rings. The van der Waals surface area contributed by atoms with Gasteiger partial charge in [-0.15, -0.1) is 26.3 Å². The van der Waals surface area contributed by atoms with Crippen LogP contribution in [0.15, 0.2) is 84.9 Å². The Morgan fingerprint density at radius 2 is 0.857 bits per heavy atom. The van der Waals surface area contributed by atoms with E-state index in [1.807, 2.05) is 0 Å². The molecule has 0 saturated heterocycles. The van der Waals surface area contributed by atoms with Gasteiger partial charge in [-0.3, -0.25) is 0 Å². The zero-order valence-electron chi connectivity index (χ0n) is 37.1. The van der Waals surface area contributed by atoms with Crippen molar-refractivity contribution in [1.29, 1.82) is 0 Å². The molecule has 0 aromatic heterocycles. The smallest absolute Gasteiger partial charge is 0.406 e. The van der Waals surface area contributed by atoms with Crippen LogP contribution in [-0.2, 0) is 12.8 Å². The minimum atomic E-state index is -4.65. The number of hydrogen-bond acceptors (Lipinski definition) is 2. The second-order valence-corrected chi connectivity index (χ2v) is 18.5. The van der Waals surface area contributed by atoms with E-state index in [1.165, 1.54) is 154 Å². The maximum Gasteiger partial charge on any atom is 0.573 e. The zero-order chi connectivity index (χ0) is 44.4. The van der Waals surface area contributed by atoms with Crippen molar-refractivity contribution in [2.75, 3.05) is 0 Å². The minimum Gasteiger partial charge on any atom is -0.406 e. The van der Waals surface area contributed by atoms with Gasteiger partial charge in [-0.2, -0.15) is 0 Å². The topological polar surface area (TPSA) is 18.5 Å². The third-order valence-corrected chi connectivity index (χ3v) is 14.1. The Hall–Kier alpha value is -4.46. The van der Waals surface area contributed by atoms with E-state index in [0.29, 0.717) is 11.8 Å². The van der Waals surface area contributed by atoms with Crippen LogP contribution >= 0.6 is 0 Å². The second-order valence-electron chi connectivity index (χ2n) is 18.5. The van der Waals surface area contributed by atoms with Crippen molar-refractivity contribution in [3.05, 3.63) is 129 Å². The number of allylic oxidation sites excluding steroid dienone is 2. The number of aryl methyl sites for hydroxylation is 2. The van der Waals surface area contributed by atoms with Gasteiger partial charge in [0.1, 0.15) is 11.5 Å². The molecule has 0 amide bonds. The summed E-state index contributed by atoms with van der Waals surface area (Å²) in [5.41, 5.74) is 11.6. The first kappa shape index (κ1) is 46.5. The predicted octanol–water partition coefficient (Wildman–Crippen LogP) is 17.5. The molecule has 2 saturated carbocycles. The van der Waals surface area contributed by atoms with Crippen LogP contribution in [0.2, 0.25) is 0 Å². The fourth-order valence-electron chi connectivity index (χ4n) is 10.5. The van der Waals surface area contributed by atoms with E-state index in [2.05, 4.69) is 84.0 Å². The van der Waals surface area contributed by atoms with E-state index in [0.717, 1.165) is 59.8 Å². The van der Waals surface area contributed by atoms with Crippen molar-refractivity contribution in [2.45, 2.75) is 160 Å². The van der Waals surface area contributed by atoms with E-state index in [-0.39, 0.29) is 11.5 Å². The summed E-state index contributed by atoms with van der Waals surface area (Å²) >= 11 is 0. The molecule has 4 aromatic rings. The lowest BCUT2D eigenvalue weighted by Crippen LogP contribution is -2.17. The molecular weight excluding hydrogens is 807 g/mol. The summed E-state index contributed by atoms with van der Waals surface area (Å²) in [7, 11) is 0. The summed E-state index contributed by atoms with van der Waals surface area (Å²) in [6, 6.07) is 27.3. The standard InChI is InChI=1S/C28H33F3O.C27H31F3O/c1-2-3-4-5-20-6-8-21(9-7-20)22-10-12-23(13-11-22)24-14-15-26-19-27(32-28(29,30)31)17-16-25(26)18-24;1-2-3-4-19-5-7-20(8-6-19)21-9-11-22(12-10-21)23-13-14-25-18-26(31-27(28,29)30)16-15-24(25)17-23/h10-13,16-21H,2-9,14-15H2,1H3;9-12,15-20H,2-8,13-14H2,1H3. The van der Waals surface area contributed by atoms with Gasteiger partial charge in [0.2, 0.25) is 0 Å². The highest BCUT2D eigenvalue weighted by Gasteiger charge is 2.32. The van der Waals surface area contributed by atoms with E-state index in [4.69, 9.17) is 0 Å². The van der Waals surface area contributed by atoms with E-state index in [9.17, 15) is 26.3 Å². The number of hydrogen-bond donors (Lipinski definition) is 0. The van der Waals surface area contributed by atoms with Crippen LogP contribution in [0.4, 0.5) is 26.3 Å². The van der Waals surface area contributed by atoms with Gasteiger partial charge in [-0.25, -0.2) is 0 Å². The van der Waals surface area contributed by atoms with Gasteiger partial charge in [0, 0.05) is 0 Å². The highest BCUT2D eigenvalue weighted by molar-refractivity contribution is 5.85. The quantitative estimate of drug-likeness (QED) is 0.0984. The molecule has 0 N–H and O–H groups in total. The maximum atomic E-state index is 12.5. The molecule has 63 heavy (non-hydrogen) atoms. The Labute approximate surface area is 371 Å². The normalized spacial score (nSPS) is 21.2. The Kier molecular flexibility index (Phi) is 15.9. The van der Waals surface area contributed by atoms with Crippen molar-refractivity contribution >= 4 is 23.3 Å². The first-order valence-electron chi connectivity index (χ1n) is 23.7. The number of unbranched alkanes of at least 4 members (excludes halogenated alkanes) is 3. The predicted molar refractivity (Wildman–Crippen MR) is 245 cm³/mol. The van der Waals surface area contributed by atoms with Crippen molar-refractivity contribution in [3.63, 3.8) is 0 Å². The number of ether oxygens (including phenoxy) is 2. The van der Waals surface area contributed by atoms with Crippen molar-refractivity contribution < 1.29 is 35.8 Å². The number of rotatable bonds is 13. The average Bonchev–Trinajstić information content (AvgIpc) is 3.28. The van der Waals surface area contributed by atoms with Crippen LogP contribution < -0.4 is 9.47 Å². The van der Waals surface area contributed by atoms with Crippen LogP contribution in [0.5, 0.6) is 11.5 Å². The molecule has 0 aliphatic heterocycles. The zero-order valence-corrected chi connectivity index (χ0v) is 37.1. The fourth-order valence-corrected chi connectivity index (χ4v) is 10.5. The molecule has 0 radical (unpaired) electrons. The van der Waals surface area contributed by atoms with Gasteiger partial charge >= 0.3 is 12.7 Å². The summed E-state index contributed by atoms with van der Waals surface area (Å²) in [5.74, 6) is 2.92. The molecule has 8 heteroatoms. The molecule has 4 aromatic carbocycles. The van der Waals surface area contributed by atoms with E-state index in [1.54, 1.807) is 12.1 Å². The summed E-state index contributed by atoms with van der Waals surface area (Å²) in [5, 5.41) is 0. The van der Waals surface area contributed by atoms with Crippen molar-refractivity contribution in [3.8, 4) is 11.5 Å². The lowest BCUT2D eigenvalue weighted by molar-refractivity contribution is -0.275. The molecule has 8 rings (SSSR count). The molecule has 0 atom stereocenters. The molecule has 0 heterocycles. The lowest BCUT2D eigenvalue weighted by atomic mass is 9.77. The Morgan fingerprint density at radius 3 is 1.24 bits per heavy atom. The summed E-state index contributed by atoms with van der Waals surface area (Å²) in [4.78, 5) is 0. The number of benzene rings is 4. The second kappa shape index (κ2) is 21.5. The molecule has 338 valence electrons. The van der Waals surface area contributed by atoms with Gasteiger partial charge in [-0.05, 0) is 181 Å². The summed E-state index contributed by atoms with van der Waals surface area (Å²) in [6.07, 6.45) is 18.1.